The summed E-state index contributed by atoms with van der Waals surface area (Å²) in [6.07, 6.45) is 1.63. The van der Waals surface area contributed by atoms with E-state index in [2.05, 4.69) is 28.4 Å². The van der Waals surface area contributed by atoms with Crippen molar-refractivity contribution >= 4 is 15.7 Å². The quantitative estimate of drug-likeness (QED) is 0.890. The fourth-order valence-corrected chi connectivity index (χ4v) is 5.30. The van der Waals surface area contributed by atoms with E-state index in [-0.39, 0.29) is 29.4 Å². The summed E-state index contributed by atoms with van der Waals surface area (Å²) in [6.45, 7) is 4.06. The van der Waals surface area contributed by atoms with Crippen LogP contribution in [-0.2, 0) is 27.6 Å². The highest BCUT2D eigenvalue weighted by atomic mass is 32.2. The molecule has 0 aromatic heterocycles. The lowest BCUT2D eigenvalue weighted by Gasteiger charge is -2.33. The smallest absolute Gasteiger partial charge is 0.237 e. The standard InChI is InChI=1S/C17H24N2O3S/c1-13(17(20)18-10-14-7-9-23(21,22)12-14)19-8-6-15-4-2-3-5-16(15)11-19/h2-5,13-14H,6-12H2,1H3,(H,18,20). The summed E-state index contributed by atoms with van der Waals surface area (Å²) < 4.78 is 22.9. The molecule has 1 N–H and O–H groups in total. The Kier molecular flexibility index (Phi) is 4.73. The molecule has 0 bridgehead atoms. The fourth-order valence-electron chi connectivity index (χ4n) is 3.44. The number of rotatable bonds is 4. The van der Waals surface area contributed by atoms with Gasteiger partial charge in [-0.05, 0) is 36.8 Å². The number of nitrogens with zero attached hydrogens (tertiary/aromatic N) is 1. The first kappa shape index (κ1) is 16.5. The summed E-state index contributed by atoms with van der Waals surface area (Å²) in [6, 6.07) is 8.17. The Labute approximate surface area is 138 Å². The number of nitrogens with one attached hydrogen (secondary N) is 1. The number of sulfone groups is 1. The molecule has 2 atom stereocenters. The molecular weight excluding hydrogens is 312 g/mol. The zero-order valence-electron chi connectivity index (χ0n) is 13.5. The molecule has 23 heavy (non-hydrogen) atoms. The van der Waals surface area contributed by atoms with E-state index in [1.54, 1.807) is 0 Å². The van der Waals surface area contributed by atoms with Gasteiger partial charge < -0.3 is 5.32 Å². The van der Waals surface area contributed by atoms with E-state index >= 15 is 0 Å². The van der Waals surface area contributed by atoms with Gasteiger partial charge in [0, 0.05) is 19.6 Å². The van der Waals surface area contributed by atoms with Crippen LogP contribution in [0.5, 0.6) is 0 Å². The minimum absolute atomic E-state index is 0.00585. The highest BCUT2D eigenvalue weighted by Gasteiger charge is 2.29. The van der Waals surface area contributed by atoms with Crippen LogP contribution in [0.15, 0.2) is 24.3 Å². The number of benzene rings is 1. The van der Waals surface area contributed by atoms with Crippen molar-refractivity contribution in [3.05, 3.63) is 35.4 Å². The zero-order chi connectivity index (χ0) is 16.4. The van der Waals surface area contributed by atoms with Gasteiger partial charge in [-0.3, -0.25) is 9.69 Å². The van der Waals surface area contributed by atoms with Crippen LogP contribution < -0.4 is 5.32 Å². The lowest BCUT2D eigenvalue weighted by atomic mass is 9.98. The first-order chi connectivity index (χ1) is 10.9. The summed E-state index contributed by atoms with van der Waals surface area (Å²) in [4.78, 5) is 14.6. The average Bonchev–Trinajstić information content (AvgIpc) is 2.90. The van der Waals surface area contributed by atoms with E-state index in [0.29, 0.717) is 13.0 Å². The third-order valence-corrected chi connectivity index (χ3v) is 6.82. The Balaban J connectivity index is 1.52. The van der Waals surface area contributed by atoms with Gasteiger partial charge in [0.1, 0.15) is 0 Å². The summed E-state index contributed by atoms with van der Waals surface area (Å²) in [5.41, 5.74) is 2.66. The first-order valence-electron chi connectivity index (χ1n) is 8.23. The second-order valence-electron chi connectivity index (χ2n) is 6.68. The number of hydrogen-bond donors (Lipinski definition) is 1. The van der Waals surface area contributed by atoms with Crippen molar-refractivity contribution in [3.63, 3.8) is 0 Å². The maximum atomic E-state index is 12.4. The van der Waals surface area contributed by atoms with Crippen LogP contribution in [0.1, 0.15) is 24.5 Å². The molecule has 1 aromatic carbocycles. The van der Waals surface area contributed by atoms with Crippen molar-refractivity contribution in [2.45, 2.75) is 32.4 Å². The topological polar surface area (TPSA) is 66.5 Å². The van der Waals surface area contributed by atoms with Gasteiger partial charge in [-0.1, -0.05) is 24.3 Å². The molecule has 1 amide bonds. The predicted molar refractivity (Wildman–Crippen MR) is 89.8 cm³/mol. The number of carbonyl (C=O) groups is 1. The van der Waals surface area contributed by atoms with Crippen LogP contribution in [0.25, 0.3) is 0 Å². The highest BCUT2D eigenvalue weighted by Crippen LogP contribution is 2.21. The highest BCUT2D eigenvalue weighted by molar-refractivity contribution is 7.91. The lowest BCUT2D eigenvalue weighted by molar-refractivity contribution is -0.126. The van der Waals surface area contributed by atoms with Gasteiger partial charge in [0.2, 0.25) is 5.91 Å². The Morgan fingerprint density at radius 2 is 2.09 bits per heavy atom. The largest absolute Gasteiger partial charge is 0.354 e. The van der Waals surface area contributed by atoms with Crippen LogP contribution >= 0.6 is 0 Å². The molecule has 0 aliphatic carbocycles. The molecule has 126 valence electrons. The van der Waals surface area contributed by atoms with Gasteiger partial charge in [-0.2, -0.15) is 0 Å². The molecule has 0 spiro atoms. The molecule has 1 saturated heterocycles. The molecule has 2 unspecified atom stereocenters. The molecule has 3 rings (SSSR count). The summed E-state index contributed by atoms with van der Waals surface area (Å²) in [7, 11) is -2.88. The maximum Gasteiger partial charge on any atom is 0.237 e. The van der Waals surface area contributed by atoms with Crippen molar-refractivity contribution in [1.82, 2.24) is 10.2 Å². The van der Waals surface area contributed by atoms with E-state index in [4.69, 9.17) is 0 Å². The molecule has 2 aliphatic heterocycles. The van der Waals surface area contributed by atoms with Crippen molar-refractivity contribution in [1.29, 1.82) is 0 Å². The van der Waals surface area contributed by atoms with E-state index in [0.717, 1.165) is 19.5 Å². The molecule has 1 aromatic rings. The van der Waals surface area contributed by atoms with Crippen LogP contribution in [0.2, 0.25) is 0 Å². The second-order valence-corrected chi connectivity index (χ2v) is 8.91. The predicted octanol–water partition coefficient (Wildman–Crippen LogP) is 0.984. The van der Waals surface area contributed by atoms with Crippen LogP contribution in [0, 0.1) is 5.92 Å². The fraction of sp³-hybridized carbons (Fsp3) is 0.588. The number of amides is 1. The van der Waals surface area contributed by atoms with Crippen molar-refractivity contribution in [3.8, 4) is 0 Å². The first-order valence-corrected chi connectivity index (χ1v) is 10.1. The minimum atomic E-state index is -2.88. The molecular formula is C17H24N2O3S. The number of carbonyl (C=O) groups excluding carboxylic acids is 1. The van der Waals surface area contributed by atoms with Crippen molar-refractivity contribution in [2.75, 3.05) is 24.6 Å². The van der Waals surface area contributed by atoms with Gasteiger partial charge >= 0.3 is 0 Å². The molecule has 6 heteroatoms. The molecule has 2 aliphatic rings. The summed E-state index contributed by atoms with van der Waals surface area (Å²) >= 11 is 0. The van der Waals surface area contributed by atoms with E-state index in [1.807, 2.05) is 13.0 Å². The molecule has 1 fully saturated rings. The average molecular weight is 336 g/mol. The van der Waals surface area contributed by atoms with Gasteiger partial charge in [0.15, 0.2) is 9.84 Å². The lowest BCUT2D eigenvalue weighted by Crippen LogP contribution is -2.48. The molecule has 5 nitrogen and oxygen atoms in total. The Hall–Kier alpha value is -1.40. The normalized spacial score (nSPS) is 24.8. The van der Waals surface area contributed by atoms with Crippen molar-refractivity contribution in [2.24, 2.45) is 5.92 Å². The van der Waals surface area contributed by atoms with Crippen LogP contribution in [0.3, 0.4) is 0 Å². The van der Waals surface area contributed by atoms with Gasteiger partial charge in [-0.15, -0.1) is 0 Å². The molecule has 2 heterocycles. The maximum absolute atomic E-state index is 12.4. The van der Waals surface area contributed by atoms with Gasteiger partial charge in [-0.25, -0.2) is 8.42 Å². The second kappa shape index (κ2) is 6.61. The SMILES string of the molecule is CC(C(=O)NCC1CCS(=O)(=O)C1)N1CCc2ccccc2C1. The van der Waals surface area contributed by atoms with E-state index in [1.165, 1.54) is 11.1 Å². The number of fused-ring (bicyclic) bond motifs is 1. The third-order valence-electron chi connectivity index (χ3n) is 4.98. The number of hydrogen-bond acceptors (Lipinski definition) is 4. The van der Waals surface area contributed by atoms with E-state index < -0.39 is 9.84 Å². The Morgan fingerprint density at radius 3 is 2.78 bits per heavy atom. The third kappa shape index (κ3) is 3.93. The molecule has 0 radical (unpaired) electrons. The minimum Gasteiger partial charge on any atom is -0.354 e. The summed E-state index contributed by atoms with van der Waals surface area (Å²) in [5.74, 6) is 0.525. The van der Waals surface area contributed by atoms with Crippen LogP contribution in [0.4, 0.5) is 0 Å². The monoisotopic (exact) mass is 336 g/mol. The Bertz CT molecular complexity index is 687. The van der Waals surface area contributed by atoms with Gasteiger partial charge in [0.25, 0.3) is 0 Å². The van der Waals surface area contributed by atoms with E-state index in [9.17, 15) is 13.2 Å². The summed E-state index contributed by atoms with van der Waals surface area (Å²) in [5, 5.41) is 2.94. The van der Waals surface area contributed by atoms with Crippen molar-refractivity contribution < 1.29 is 13.2 Å². The zero-order valence-corrected chi connectivity index (χ0v) is 14.3. The van der Waals surface area contributed by atoms with Crippen LogP contribution in [-0.4, -0.2) is 49.9 Å². The Morgan fingerprint density at radius 1 is 1.35 bits per heavy atom. The van der Waals surface area contributed by atoms with Gasteiger partial charge in [0.05, 0.1) is 17.5 Å². The molecule has 0 saturated carbocycles.